The van der Waals surface area contributed by atoms with E-state index in [1.807, 2.05) is 41.3 Å². The molecule has 37 heavy (non-hydrogen) atoms. The first-order chi connectivity index (χ1) is 17.9. The molecule has 3 amide bonds. The minimum absolute atomic E-state index is 0.0189. The maximum Gasteiger partial charge on any atom is 0.246 e. The van der Waals surface area contributed by atoms with Crippen LogP contribution in [0.4, 0.5) is 5.69 Å². The number of halogens is 1. The third-order valence-corrected chi connectivity index (χ3v) is 9.88. The number of fused-ring (bicyclic) bond motifs is 1. The largest absolute Gasteiger partial charge is 0.359 e. The molecule has 198 valence electrons. The highest BCUT2D eigenvalue weighted by atomic mass is 79.9. The van der Waals surface area contributed by atoms with E-state index in [-0.39, 0.29) is 29.8 Å². The average Bonchev–Trinajstić information content (AvgIpc) is 3.54. The summed E-state index contributed by atoms with van der Waals surface area (Å²) < 4.78 is 7.44. The lowest BCUT2D eigenvalue weighted by Crippen LogP contribution is -2.59. The first-order valence-corrected chi connectivity index (χ1v) is 14.7. The molecule has 6 rings (SSSR count). The van der Waals surface area contributed by atoms with Crippen molar-refractivity contribution in [2.45, 2.75) is 94.5 Å². The number of benzene rings is 1. The van der Waals surface area contributed by atoms with Crippen LogP contribution in [-0.4, -0.2) is 52.5 Å². The van der Waals surface area contributed by atoms with Crippen molar-refractivity contribution < 1.29 is 19.1 Å². The number of hydrogen-bond donors (Lipinski definition) is 2. The van der Waals surface area contributed by atoms with Crippen LogP contribution < -0.4 is 10.6 Å². The molecule has 3 aliphatic heterocycles. The Morgan fingerprint density at radius 1 is 1.00 bits per heavy atom. The molecule has 2 bridgehead atoms. The van der Waals surface area contributed by atoms with Gasteiger partial charge in [-0.15, -0.1) is 0 Å². The number of nitrogens with one attached hydrogen (secondary N) is 2. The van der Waals surface area contributed by atoms with Gasteiger partial charge in [0.2, 0.25) is 17.7 Å². The zero-order valence-electron chi connectivity index (χ0n) is 21.3. The molecule has 7 nitrogen and oxygen atoms in total. The van der Waals surface area contributed by atoms with E-state index in [1.165, 1.54) is 6.42 Å². The van der Waals surface area contributed by atoms with Crippen LogP contribution in [0.15, 0.2) is 40.9 Å². The Kier molecular flexibility index (Phi) is 6.68. The fourth-order valence-electron chi connectivity index (χ4n) is 7.56. The van der Waals surface area contributed by atoms with Crippen LogP contribution in [0.1, 0.15) is 64.7 Å². The molecule has 0 aromatic heterocycles. The van der Waals surface area contributed by atoms with E-state index in [4.69, 9.17) is 4.74 Å². The van der Waals surface area contributed by atoms with Crippen LogP contribution in [0.5, 0.6) is 0 Å². The van der Waals surface area contributed by atoms with E-state index in [1.54, 1.807) is 0 Å². The van der Waals surface area contributed by atoms with E-state index in [0.717, 1.165) is 55.8 Å². The van der Waals surface area contributed by atoms with Gasteiger partial charge in [-0.1, -0.05) is 67.1 Å². The number of carbonyl (C=O) groups is 3. The summed E-state index contributed by atoms with van der Waals surface area (Å²) >= 11 is 3.42. The van der Waals surface area contributed by atoms with Crippen LogP contribution >= 0.6 is 15.9 Å². The van der Waals surface area contributed by atoms with E-state index < -0.39 is 29.6 Å². The predicted octanol–water partition coefficient (Wildman–Crippen LogP) is 4.57. The SMILES string of the molecule is C[C@@H]1CCCC[C@@H]1N1C(=O)[C@H]2[C@@H](C(=O)Nc3ccc(Br)cc3)[C@H]3C=C[C@@]2(O3)[C@@H]1C(=O)NC1CCCCC1. The fourth-order valence-corrected chi connectivity index (χ4v) is 7.82. The van der Waals surface area contributed by atoms with E-state index >= 15 is 0 Å². The van der Waals surface area contributed by atoms with Crippen LogP contribution in [0.25, 0.3) is 0 Å². The van der Waals surface area contributed by atoms with Crippen molar-refractivity contribution in [2.75, 3.05) is 5.32 Å². The molecule has 2 aliphatic carbocycles. The highest BCUT2D eigenvalue weighted by molar-refractivity contribution is 9.10. The number of ether oxygens (including phenoxy) is 1. The first-order valence-electron chi connectivity index (χ1n) is 14.0. The Labute approximate surface area is 226 Å². The maximum absolute atomic E-state index is 14.3. The lowest BCUT2D eigenvalue weighted by molar-refractivity contribution is -0.146. The molecule has 5 aliphatic rings. The maximum atomic E-state index is 14.3. The Balaban J connectivity index is 1.33. The van der Waals surface area contributed by atoms with Crippen molar-refractivity contribution in [3.05, 3.63) is 40.9 Å². The summed E-state index contributed by atoms with van der Waals surface area (Å²) in [6, 6.07) is 6.76. The second kappa shape index (κ2) is 9.84. The molecule has 1 aromatic carbocycles. The van der Waals surface area contributed by atoms with Crippen LogP contribution in [0, 0.1) is 17.8 Å². The molecule has 2 saturated heterocycles. The summed E-state index contributed by atoms with van der Waals surface area (Å²) in [7, 11) is 0. The first kappa shape index (κ1) is 25.1. The van der Waals surface area contributed by atoms with E-state index in [2.05, 4.69) is 33.5 Å². The molecule has 0 radical (unpaired) electrons. The van der Waals surface area contributed by atoms with Crippen LogP contribution in [0.3, 0.4) is 0 Å². The van der Waals surface area contributed by atoms with Gasteiger partial charge in [-0.2, -0.15) is 0 Å². The Hall–Kier alpha value is -2.19. The highest BCUT2D eigenvalue weighted by Gasteiger charge is 2.73. The summed E-state index contributed by atoms with van der Waals surface area (Å²) in [6.07, 6.45) is 12.8. The van der Waals surface area contributed by atoms with Gasteiger partial charge in [-0.3, -0.25) is 14.4 Å². The van der Waals surface area contributed by atoms with Gasteiger partial charge in [-0.25, -0.2) is 0 Å². The number of nitrogens with zero attached hydrogens (tertiary/aromatic N) is 1. The van der Waals surface area contributed by atoms with Gasteiger partial charge in [-0.05, 0) is 55.9 Å². The average molecular weight is 571 g/mol. The zero-order valence-corrected chi connectivity index (χ0v) is 22.9. The smallest absolute Gasteiger partial charge is 0.246 e. The molecule has 3 heterocycles. The van der Waals surface area contributed by atoms with Gasteiger partial charge in [0.15, 0.2) is 0 Å². The summed E-state index contributed by atoms with van der Waals surface area (Å²) in [5, 5.41) is 6.29. The second-order valence-electron chi connectivity index (χ2n) is 11.6. The molecular weight excluding hydrogens is 534 g/mol. The van der Waals surface area contributed by atoms with Crippen molar-refractivity contribution >= 4 is 39.3 Å². The van der Waals surface area contributed by atoms with Gasteiger partial charge in [0, 0.05) is 22.2 Å². The Bertz CT molecular complexity index is 1100. The fraction of sp³-hybridized carbons (Fsp3) is 0.621. The van der Waals surface area contributed by atoms with Crippen molar-refractivity contribution in [2.24, 2.45) is 17.8 Å². The molecule has 4 fully saturated rings. The quantitative estimate of drug-likeness (QED) is 0.508. The summed E-state index contributed by atoms with van der Waals surface area (Å²) in [4.78, 5) is 43.8. The lowest BCUT2D eigenvalue weighted by atomic mass is 9.74. The van der Waals surface area contributed by atoms with Crippen molar-refractivity contribution in [3.8, 4) is 0 Å². The summed E-state index contributed by atoms with van der Waals surface area (Å²) in [5.74, 6) is -1.54. The molecule has 2 saturated carbocycles. The number of amides is 3. The van der Waals surface area contributed by atoms with Gasteiger partial charge < -0.3 is 20.3 Å². The molecule has 8 heteroatoms. The molecule has 0 unspecified atom stereocenters. The van der Waals surface area contributed by atoms with E-state index in [9.17, 15) is 14.4 Å². The minimum atomic E-state index is -1.10. The van der Waals surface area contributed by atoms with Crippen molar-refractivity contribution in [3.63, 3.8) is 0 Å². The van der Waals surface area contributed by atoms with Crippen molar-refractivity contribution in [1.29, 1.82) is 0 Å². The highest BCUT2D eigenvalue weighted by Crippen LogP contribution is 2.56. The number of hydrogen-bond acceptors (Lipinski definition) is 4. The van der Waals surface area contributed by atoms with Crippen molar-refractivity contribution in [1.82, 2.24) is 10.2 Å². The van der Waals surface area contributed by atoms with Gasteiger partial charge in [0.25, 0.3) is 0 Å². The number of likely N-dealkylation sites (tertiary alicyclic amines) is 1. The lowest BCUT2D eigenvalue weighted by Gasteiger charge is -2.42. The molecule has 7 atom stereocenters. The van der Waals surface area contributed by atoms with Crippen LogP contribution in [0.2, 0.25) is 0 Å². The Morgan fingerprint density at radius 2 is 1.70 bits per heavy atom. The topological polar surface area (TPSA) is 87.7 Å². The summed E-state index contributed by atoms with van der Waals surface area (Å²) in [6.45, 7) is 2.19. The van der Waals surface area contributed by atoms with Gasteiger partial charge >= 0.3 is 0 Å². The molecule has 1 aromatic rings. The Morgan fingerprint density at radius 3 is 2.43 bits per heavy atom. The molecule has 2 N–H and O–H groups in total. The third kappa shape index (κ3) is 4.24. The standard InChI is InChI=1S/C29H36BrN3O4/c1-17-7-5-6-10-21(17)33-25(27(35)32-19-8-3-2-4-9-19)29-16-15-22(37-29)23(24(29)28(33)36)26(34)31-20-13-11-18(30)12-14-20/h11-17,19,21-25H,2-10H2,1H3,(H,31,34)(H,32,35)/t17-,21+,22-,23+,24-,25+,29+/m1/s1. The molecule has 1 spiro atoms. The van der Waals surface area contributed by atoms with Gasteiger partial charge in [0.05, 0.1) is 17.9 Å². The zero-order chi connectivity index (χ0) is 25.7. The van der Waals surface area contributed by atoms with E-state index in [0.29, 0.717) is 11.6 Å². The monoisotopic (exact) mass is 569 g/mol. The third-order valence-electron chi connectivity index (χ3n) is 9.35. The number of carbonyl (C=O) groups excluding carboxylic acids is 3. The predicted molar refractivity (Wildman–Crippen MR) is 144 cm³/mol. The molecular formula is C29H36BrN3O4. The number of rotatable bonds is 5. The normalized spacial score (nSPS) is 37.0. The van der Waals surface area contributed by atoms with Gasteiger partial charge in [0.1, 0.15) is 11.6 Å². The van der Waals surface area contributed by atoms with Crippen LogP contribution in [-0.2, 0) is 19.1 Å². The second-order valence-corrected chi connectivity index (χ2v) is 12.5. The minimum Gasteiger partial charge on any atom is -0.359 e. The summed E-state index contributed by atoms with van der Waals surface area (Å²) in [5.41, 5.74) is -0.428. The number of anilines is 1.